The zero-order valence-corrected chi connectivity index (χ0v) is 15.2. The molecular weight excluding hydrogens is 305 g/mol. The number of halogens is 2. The molecule has 0 aliphatic carbocycles. The SMILES string of the molecule is CC(C)(C)N[C@@H](Cc1ccc(Cl)cc1Cl)C(=O)C(C)(C)C. The van der Waals surface area contributed by atoms with E-state index in [1.54, 1.807) is 12.1 Å². The number of hydrogen-bond donors (Lipinski definition) is 1. The van der Waals surface area contributed by atoms with E-state index in [0.29, 0.717) is 16.5 Å². The Hall–Kier alpha value is -0.570. The maximum absolute atomic E-state index is 12.7. The molecule has 1 atom stereocenters. The van der Waals surface area contributed by atoms with Crippen molar-refractivity contribution in [1.82, 2.24) is 5.32 Å². The van der Waals surface area contributed by atoms with Crippen molar-refractivity contribution >= 4 is 29.0 Å². The predicted molar refractivity (Wildman–Crippen MR) is 91.3 cm³/mol. The van der Waals surface area contributed by atoms with Gasteiger partial charge in [0.15, 0.2) is 5.78 Å². The Labute approximate surface area is 138 Å². The molecule has 0 radical (unpaired) electrons. The van der Waals surface area contributed by atoms with Gasteiger partial charge in [0.2, 0.25) is 0 Å². The zero-order chi connectivity index (χ0) is 16.4. The van der Waals surface area contributed by atoms with Crippen LogP contribution < -0.4 is 5.32 Å². The van der Waals surface area contributed by atoms with Crippen molar-refractivity contribution in [3.8, 4) is 0 Å². The zero-order valence-electron chi connectivity index (χ0n) is 13.7. The van der Waals surface area contributed by atoms with Crippen molar-refractivity contribution in [2.24, 2.45) is 5.41 Å². The molecule has 2 nitrogen and oxygen atoms in total. The predicted octanol–water partition coefficient (Wildman–Crippen LogP) is 4.91. The minimum Gasteiger partial charge on any atom is -0.302 e. The van der Waals surface area contributed by atoms with E-state index < -0.39 is 5.41 Å². The van der Waals surface area contributed by atoms with E-state index in [-0.39, 0.29) is 17.4 Å². The summed E-state index contributed by atoms with van der Waals surface area (Å²) in [6.07, 6.45) is 0.559. The van der Waals surface area contributed by atoms with Gasteiger partial charge in [0.05, 0.1) is 6.04 Å². The van der Waals surface area contributed by atoms with Crippen LogP contribution >= 0.6 is 23.2 Å². The quantitative estimate of drug-likeness (QED) is 0.850. The van der Waals surface area contributed by atoms with Crippen molar-refractivity contribution in [3.05, 3.63) is 33.8 Å². The topological polar surface area (TPSA) is 29.1 Å². The highest BCUT2D eigenvalue weighted by molar-refractivity contribution is 6.35. The van der Waals surface area contributed by atoms with Crippen LogP contribution in [0.25, 0.3) is 0 Å². The number of ketones is 1. The summed E-state index contributed by atoms with van der Waals surface area (Å²) < 4.78 is 0. The summed E-state index contributed by atoms with van der Waals surface area (Å²) in [5, 5.41) is 4.62. The smallest absolute Gasteiger partial charge is 0.155 e. The van der Waals surface area contributed by atoms with Crippen LogP contribution in [0, 0.1) is 5.41 Å². The molecule has 0 aliphatic rings. The van der Waals surface area contributed by atoms with Crippen LogP contribution in [-0.2, 0) is 11.2 Å². The molecule has 0 amide bonds. The third-order valence-corrected chi connectivity index (χ3v) is 3.69. The second kappa shape index (κ2) is 6.68. The Morgan fingerprint density at radius 2 is 1.71 bits per heavy atom. The van der Waals surface area contributed by atoms with Crippen LogP contribution in [0.5, 0.6) is 0 Å². The fourth-order valence-electron chi connectivity index (χ4n) is 2.16. The molecule has 0 aliphatic heterocycles. The first-order valence-corrected chi connectivity index (χ1v) is 7.92. The molecule has 0 bridgehead atoms. The van der Waals surface area contributed by atoms with Gasteiger partial charge in [-0.1, -0.05) is 50.0 Å². The molecule has 0 heterocycles. The summed E-state index contributed by atoms with van der Waals surface area (Å²) in [6, 6.07) is 5.13. The van der Waals surface area contributed by atoms with Crippen LogP contribution in [0.1, 0.15) is 47.1 Å². The summed E-state index contributed by atoms with van der Waals surface area (Å²) in [7, 11) is 0. The Morgan fingerprint density at radius 3 is 2.14 bits per heavy atom. The number of benzene rings is 1. The van der Waals surface area contributed by atoms with Crippen molar-refractivity contribution in [3.63, 3.8) is 0 Å². The Balaban J connectivity index is 3.05. The first-order valence-electron chi connectivity index (χ1n) is 7.16. The van der Waals surface area contributed by atoms with Gasteiger partial charge >= 0.3 is 0 Å². The largest absolute Gasteiger partial charge is 0.302 e. The number of carbonyl (C=O) groups is 1. The molecule has 21 heavy (non-hydrogen) atoms. The van der Waals surface area contributed by atoms with E-state index in [1.807, 2.05) is 26.8 Å². The maximum atomic E-state index is 12.7. The molecule has 0 unspecified atom stereocenters. The summed E-state index contributed by atoms with van der Waals surface area (Å²) in [5.74, 6) is 0.184. The van der Waals surface area contributed by atoms with Crippen molar-refractivity contribution in [2.45, 2.75) is 59.5 Å². The van der Waals surface area contributed by atoms with Crippen molar-refractivity contribution < 1.29 is 4.79 Å². The molecule has 0 saturated carbocycles. The molecule has 0 aromatic heterocycles. The van der Waals surface area contributed by atoms with Crippen molar-refractivity contribution in [2.75, 3.05) is 0 Å². The van der Waals surface area contributed by atoms with Crippen LogP contribution in [0.2, 0.25) is 10.0 Å². The number of rotatable bonds is 4. The molecule has 4 heteroatoms. The molecule has 1 aromatic rings. The highest BCUT2D eigenvalue weighted by atomic mass is 35.5. The lowest BCUT2D eigenvalue weighted by Gasteiger charge is -2.32. The van der Waals surface area contributed by atoms with E-state index in [1.165, 1.54) is 0 Å². The third kappa shape index (κ3) is 5.98. The molecule has 0 fully saturated rings. The first kappa shape index (κ1) is 18.5. The molecule has 1 rings (SSSR count). The van der Waals surface area contributed by atoms with Gasteiger partial charge in [-0.3, -0.25) is 4.79 Å². The number of carbonyl (C=O) groups excluding carboxylic acids is 1. The number of hydrogen-bond acceptors (Lipinski definition) is 2. The molecule has 1 aromatic carbocycles. The molecule has 0 spiro atoms. The fourth-order valence-corrected chi connectivity index (χ4v) is 2.65. The lowest BCUT2D eigenvalue weighted by molar-refractivity contribution is -0.128. The van der Waals surface area contributed by atoms with Gasteiger partial charge in [0.1, 0.15) is 0 Å². The summed E-state index contributed by atoms with van der Waals surface area (Å²) >= 11 is 12.2. The van der Waals surface area contributed by atoms with Crippen LogP contribution in [0.3, 0.4) is 0 Å². The average molecular weight is 330 g/mol. The standard InChI is InChI=1S/C17H25Cl2NO/c1-16(2,3)15(21)14(20-17(4,5)6)9-11-7-8-12(18)10-13(11)19/h7-8,10,14,20H,9H2,1-6H3/t14-/m0/s1. The fraction of sp³-hybridized carbons (Fsp3) is 0.588. The van der Waals surface area contributed by atoms with Gasteiger partial charge < -0.3 is 5.32 Å². The summed E-state index contributed by atoms with van der Waals surface area (Å²) in [4.78, 5) is 12.7. The van der Waals surface area contributed by atoms with Crippen LogP contribution in [-0.4, -0.2) is 17.4 Å². The Bertz CT molecular complexity index is 513. The van der Waals surface area contributed by atoms with Gasteiger partial charge in [-0.05, 0) is 44.9 Å². The molecule has 1 N–H and O–H groups in total. The van der Waals surface area contributed by atoms with E-state index in [9.17, 15) is 4.79 Å². The van der Waals surface area contributed by atoms with E-state index >= 15 is 0 Å². The lowest BCUT2D eigenvalue weighted by Crippen LogP contribution is -2.51. The second-order valence-corrected chi connectivity index (χ2v) is 8.34. The van der Waals surface area contributed by atoms with Gasteiger partial charge in [0, 0.05) is 21.0 Å². The van der Waals surface area contributed by atoms with E-state index in [2.05, 4.69) is 26.1 Å². The minimum absolute atomic E-state index is 0.148. The maximum Gasteiger partial charge on any atom is 0.155 e. The van der Waals surface area contributed by atoms with Gasteiger partial charge in [0.25, 0.3) is 0 Å². The lowest BCUT2D eigenvalue weighted by atomic mass is 9.83. The Kier molecular flexibility index (Phi) is 5.88. The molecular formula is C17H25Cl2NO. The van der Waals surface area contributed by atoms with Crippen molar-refractivity contribution in [1.29, 1.82) is 0 Å². The minimum atomic E-state index is -0.401. The first-order chi connectivity index (χ1) is 9.40. The number of nitrogens with one attached hydrogen (secondary N) is 1. The number of Topliss-reactive ketones (excluding diaryl/α,β-unsaturated/α-hetero) is 1. The third-order valence-electron chi connectivity index (χ3n) is 3.10. The van der Waals surface area contributed by atoms with Gasteiger partial charge in [-0.15, -0.1) is 0 Å². The Morgan fingerprint density at radius 1 is 1.14 bits per heavy atom. The monoisotopic (exact) mass is 329 g/mol. The summed E-state index contributed by atoms with van der Waals surface area (Å²) in [6.45, 7) is 12.0. The highest BCUT2D eigenvalue weighted by Crippen LogP contribution is 2.25. The second-order valence-electron chi connectivity index (χ2n) is 7.50. The molecule has 118 valence electrons. The van der Waals surface area contributed by atoms with Gasteiger partial charge in [-0.2, -0.15) is 0 Å². The molecule has 0 saturated heterocycles. The van der Waals surface area contributed by atoms with Crippen LogP contribution in [0.4, 0.5) is 0 Å². The van der Waals surface area contributed by atoms with E-state index in [0.717, 1.165) is 5.56 Å². The van der Waals surface area contributed by atoms with E-state index in [4.69, 9.17) is 23.2 Å². The normalized spacial score (nSPS) is 14.1. The summed E-state index contributed by atoms with van der Waals surface area (Å²) in [5.41, 5.74) is 0.382. The van der Waals surface area contributed by atoms with Crippen LogP contribution in [0.15, 0.2) is 18.2 Å². The highest BCUT2D eigenvalue weighted by Gasteiger charge is 2.32. The van der Waals surface area contributed by atoms with Gasteiger partial charge in [-0.25, -0.2) is 0 Å². The average Bonchev–Trinajstić information content (AvgIpc) is 2.27.